The second-order valence-corrected chi connectivity index (χ2v) is 5.84. The van der Waals surface area contributed by atoms with E-state index in [1.54, 1.807) is 30.3 Å². The summed E-state index contributed by atoms with van der Waals surface area (Å²) in [5, 5.41) is 0. The molecule has 0 amide bonds. The number of benzene rings is 1. The minimum Gasteiger partial charge on any atom is -0.266 e. The van der Waals surface area contributed by atoms with Crippen molar-refractivity contribution in [3.63, 3.8) is 0 Å². The molecular formula is C14H18O3S. The van der Waals surface area contributed by atoms with E-state index < -0.39 is 10.1 Å². The normalized spacial score (nSPS) is 10.8. The van der Waals surface area contributed by atoms with Crippen LogP contribution < -0.4 is 0 Å². The standard InChI is InChI=1S/C14H18O3S/c1-12(2)6-4-5-11-17-18(15,16)14-9-7-13(3)8-10-14/h4,7-10H,5,11H2,1-3H3. The van der Waals surface area contributed by atoms with Gasteiger partial charge >= 0.3 is 0 Å². The molecule has 18 heavy (non-hydrogen) atoms. The maximum atomic E-state index is 11.8. The van der Waals surface area contributed by atoms with Crippen LogP contribution in [0.3, 0.4) is 0 Å². The molecule has 0 aliphatic carbocycles. The Kier molecular flexibility index (Phi) is 5.35. The molecule has 0 heterocycles. The summed E-state index contributed by atoms with van der Waals surface area (Å²) in [7, 11) is -3.63. The Balaban J connectivity index is 2.61. The molecule has 98 valence electrons. The molecule has 1 rings (SSSR count). The van der Waals surface area contributed by atoms with Gasteiger partial charge in [-0.2, -0.15) is 8.42 Å². The van der Waals surface area contributed by atoms with Crippen molar-refractivity contribution in [2.45, 2.75) is 32.1 Å². The summed E-state index contributed by atoms with van der Waals surface area (Å²) < 4.78 is 28.5. The Hall–Kier alpha value is -1.35. The van der Waals surface area contributed by atoms with Gasteiger partial charge in [-0.15, -0.1) is 5.73 Å². The van der Waals surface area contributed by atoms with Crippen molar-refractivity contribution >= 4 is 10.1 Å². The summed E-state index contributed by atoms with van der Waals surface area (Å²) >= 11 is 0. The van der Waals surface area contributed by atoms with Gasteiger partial charge in [0.15, 0.2) is 0 Å². The predicted octanol–water partition coefficient (Wildman–Crippen LogP) is 3.21. The second kappa shape index (κ2) is 6.55. The van der Waals surface area contributed by atoms with Gasteiger partial charge in [-0.1, -0.05) is 17.7 Å². The molecule has 0 spiro atoms. The molecule has 0 saturated heterocycles. The minimum atomic E-state index is -3.63. The van der Waals surface area contributed by atoms with E-state index in [-0.39, 0.29) is 11.5 Å². The zero-order chi connectivity index (χ0) is 13.6. The fraction of sp³-hybridized carbons (Fsp3) is 0.357. The highest BCUT2D eigenvalue weighted by molar-refractivity contribution is 7.86. The molecule has 3 nitrogen and oxygen atoms in total. The van der Waals surface area contributed by atoms with E-state index in [0.717, 1.165) is 11.1 Å². The van der Waals surface area contributed by atoms with Crippen LogP contribution in [-0.4, -0.2) is 15.0 Å². The molecule has 1 aromatic carbocycles. The van der Waals surface area contributed by atoms with Gasteiger partial charge in [-0.25, -0.2) is 0 Å². The van der Waals surface area contributed by atoms with Gasteiger partial charge in [0.25, 0.3) is 10.1 Å². The molecule has 0 atom stereocenters. The molecule has 0 saturated carbocycles. The predicted molar refractivity (Wildman–Crippen MR) is 71.9 cm³/mol. The van der Waals surface area contributed by atoms with E-state index in [1.165, 1.54) is 0 Å². The zero-order valence-electron chi connectivity index (χ0n) is 10.9. The van der Waals surface area contributed by atoms with Crippen molar-refractivity contribution in [1.29, 1.82) is 0 Å². The molecular weight excluding hydrogens is 248 g/mol. The van der Waals surface area contributed by atoms with Gasteiger partial charge in [0, 0.05) is 0 Å². The Bertz CT molecular complexity index is 543. The summed E-state index contributed by atoms with van der Waals surface area (Å²) in [6, 6.07) is 6.60. The summed E-state index contributed by atoms with van der Waals surface area (Å²) in [5.41, 5.74) is 5.06. The van der Waals surface area contributed by atoms with Crippen LogP contribution in [0.1, 0.15) is 25.8 Å². The van der Waals surface area contributed by atoms with Crippen LogP contribution in [-0.2, 0) is 14.3 Å². The van der Waals surface area contributed by atoms with E-state index >= 15 is 0 Å². The Labute approximate surface area is 109 Å². The Morgan fingerprint density at radius 1 is 1.28 bits per heavy atom. The number of aryl methyl sites for hydroxylation is 1. The largest absolute Gasteiger partial charge is 0.296 e. The molecule has 0 aromatic heterocycles. The Morgan fingerprint density at radius 2 is 1.89 bits per heavy atom. The highest BCUT2D eigenvalue weighted by Crippen LogP contribution is 2.13. The lowest BCUT2D eigenvalue weighted by atomic mass is 10.2. The van der Waals surface area contributed by atoms with Gasteiger partial charge in [0.1, 0.15) is 0 Å². The Morgan fingerprint density at radius 3 is 2.44 bits per heavy atom. The van der Waals surface area contributed by atoms with Crippen LogP contribution in [0.4, 0.5) is 0 Å². The van der Waals surface area contributed by atoms with E-state index in [9.17, 15) is 8.42 Å². The monoisotopic (exact) mass is 266 g/mol. The van der Waals surface area contributed by atoms with Crippen LogP contribution >= 0.6 is 0 Å². The lowest BCUT2D eigenvalue weighted by molar-refractivity contribution is 0.325. The fourth-order valence-corrected chi connectivity index (χ4v) is 2.19. The first-order valence-corrected chi connectivity index (χ1v) is 7.17. The summed E-state index contributed by atoms with van der Waals surface area (Å²) in [6.07, 6.45) is 2.30. The van der Waals surface area contributed by atoms with Crippen molar-refractivity contribution in [2.24, 2.45) is 0 Å². The third-order valence-corrected chi connectivity index (χ3v) is 3.53. The van der Waals surface area contributed by atoms with Crippen LogP contribution in [0.15, 0.2) is 46.5 Å². The minimum absolute atomic E-state index is 0.135. The van der Waals surface area contributed by atoms with Crippen molar-refractivity contribution in [3.8, 4) is 0 Å². The zero-order valence-corrected chi connectivity index (χ0v) is 11.8. The third-order valence-electron chi connectivity index (χ3n) is 2.20. The van der Waals surface area contributed by atoms with Gasteiger partial charge in [0.05, 0.1) is 11.5 Å². The maximum absolute atomic E-state index is 11.8. The SMILES string of the molecule is CC(C)=C=CCCOS(=O)(=O)c1ccc(C)cc1. The van der Waals surface area contributed by atoms with E-state index in [4.69, 9.17) is 4.18 Å². The highest BCUT2D eigenvalue weighted by Gasteiger charge is 2.13. The molecule has 0 aliphatic heterocycles. The van der Waals surface area contributed by atoms with Crippen LogP contribution in [0, 0.1) is 6.92 Å². The molecule has 0 fully saturated rings. The molecule has 4 heteroatoms. The van der Waals surface area contributed by atoms with Crippen molar-refractivity contribution < 1.29 is 12.6 Å². The van der Waals surface area contributed by atoms with E-state index in [0.29, 0.717) is 6.42 Å². The quantitative estimate of drug-likeness (QED) is 0.467. The lowest BCUT2D eigenvalue weighted by Gasteiger charge is -2.04. The topological polar surface area (TPSA) is 43.4 Å². The van der Waals surface area contributed by atoms with E-state index in [1.807, 2.05) is 20.8 Å². The number of rotatable bonds is 5. The fourth-order valence-electron chi connectivity index (χ4n) is 1.27. The maximum Gasteiger partial charge on any atom is 0.296 e. The van der Waals surface area contributed by atoms with E-state index in [2.05, 4.69) is 5.73 Å². The first-order valence-electron chi connectivity index (χ1n) is 5.76. The average molecular weight is 266 g/mol. The molecule has 0 aliphatic rings. The average Bonchev–Trinajstić information content (AvgIpc) is 2.28. The van der Waals surface area contributed by atoms with Gasteiger partial charge in [-0.05, 0) is 51.0 Å². The first-order chi connectivity index (χ1) is 8.42. The van der Waals surface area contributed by atoms with Crippen molar-refractivity contribution in [3.05, 3.63) is 47.2 Å². The van der Waals surface area contributed by atoms with Gasteiger partial charge in [0.2, 0.25) is 0 Å². The highest BCUT2D eigenvalue weighted by atomic mass is 32.2. The second-order valence-electron chi connectivity index (χ2n) is 4.23. The third kappa shape index (κ3) is 4.88. The molecule has 0 radical (unpaired) electrons. The lowest BCUT2D eigenvalue weighted by Crippen LogP contribution is -2.07. The summed E-state index contributed by atoms with van der Waals surface area (Å²) in [5.74, 6) is 0. The number of hydrogen-bond acceptors (Lipinski definition) is 3. The first kappa shape index (κ1) is 14.7. The van der Waals surface area contributed by atoms with Gasteiger partial charge in [-0.3, -0.25) is 4.18 Å². The summed E-state index contributed by atoms with van der Waals surface area (Å²) in [4.78, 5) is 0.194. The molecule has 0 unspecified atom stereocenters. The summed E-state index contributed by atoms with van der Waals surface area (Å²) in [6.45, 7) is 5.90. The van der Waals surface area contributed by atoms with Crippen molar-refractivity contribution in [2.75, 3.05) is 6.61 Å². The molecule has 0 bridgehead atoms. The van der Waals surface area contributed by atoms with Crippen molar-refractivity contribution in [1.82, 2.24) is 0 Å². The van der Waals surface area contributed by atoms with Gasteiger partial charge < -0.3 is 0 Å². The molecule has 0 N–H and O–H groups in total. The number of hydrogen-bond donors (Lipinski definition) is 0. The molecule has 1 aromatic rings. The smallest absolute Gasteiger partial charge is 0.266 e. The van der Waals surface area contributed by atoms with Crippen LogP contribution in [0.5, 0.6) is 0 Å². The van der Waals surface area contributed by atoms with Crippen LogP contribution in [0.2, 0.25) is 0 Å². The van der Waals surface area contributed by atoms with Crippen LogP contribution in [0.25, 0.3) is 0 Å².